The molecule has 20 heavy (non-hydrogen) atoms. The number of benzene rings is 1. The van der Waals surface area contributed by atoms with Crippen LogP contribution in [0.15, 0.2) is 36.4 Å². The second-order valence-electron chi connectivity index (χ2n) is 6.51. The van der Waals surface area contributed by atoms with Gasteiger partial charge in [-0.15, -0.1) is 0 Å². The molecule has 0 radical (unpaired) electrons. The average Bonchev–Trinajstić information content (AvgIpc) is 3.30. The zero-order valence-corrected chi connectivity index (χ0v) is 12.1. The van der Waals surface area contributed by atoms with Crippen LogP contribution in [0.5, 0.6) is 0 Å². The molecule has 2 aliphatic carbocycles. The van der Waals surface area contributed by atoms with Crippen molar-refractivity contribution in [1.29, 1.82) is 0 Å². The van der Waals surface area contributed by atoms with Gasteiger partial charge in [0.1, 0.15) is 0 Å². The van der Waals surface area contributed by atoms with Gasteiger partial charge < -0.3 is 10.8 Å². The lowest BCUT2D eigenvalue weighted by molar-refractivity contribution is -0.0384. The van der Waals surface area contributed by atoms with Crippen molar-refractivity contribution in [3.05, 3.63) is 42.0 Å². The van der Waals surface area contributed by atoms with Gasteiger partial charge in [-0.3, -0.25) is 0 Å². The van der Waals surface area contributed by atoms with Crippen LogP contribution in [-0.2, 0) is 5.60 Å². The first-order valence-corrected chi connectivity index (χ1v) is 7.92. The molecule has 0 saturated heterocycles. The van der Waals surface area contributed by atoms with E-state index in [2.05, 4.69) is 12.2 Å². The summed E-state index contributed by atoms with van der Waals surface area (Å²) in [5.74, 6) is 1.18. The van der Waals surface area contributed by atoms with Crippen LogP contribution in [0.1, 0.15) is 50.5 Å². The van der Waals surface area contributed by atoms with Gasteiger partial charge >= 0.3 is 0 Å². The fraction of sp³-hybridized carbons (Fsp3) is 0.556. The summed E-state index contributed by atoms with van der Waals surface area (Å²) in [7, 11) is 0. The molecule has 1 aromatic carbocycles. The van der Waals surface area contributed by atoms with Crippen molar-refractivity contribution in [2.75, 3.05) is 5.73 Å². The Bertz CT molecular complexity index is 492. The Hall–Kier alpha value is -1.28. The van der Waals surface area contributed by atoms with Crippen molar-refractivity contribution < 1.29 is 5.11 Å². The standard InChI is InChI=1S/C18H25NO/c19-17-8-4-7-16(13-17)18(20,12-11-14-9-10-14)15-5-2-1-3-6-15/h1-2,4,7-8,13-15,20H,3,5-6,9-12,19H2. The van der Waals surface area contributed by atoms with E-state index in [0.29, 0.717) is 5.92 Å². The number of hydrogen-bond donors (Lipinski definition) is 2. The van der Waals surface area contributed by atoms with E-state index in [1.807, 2.05) is 24.3 Å². The molecule has 1 aromatic rings. The molecule has 0 aliphatic heterocycles. The fourth-order valence-electron chi connectivity index (χ4n) is 3.45. The Labute approximate surface area is 121 Å². The molecule has 0 spiro atoms. The van der Waals surface area contributed by atoms with Gasteiger partial charge in [0.15, 0.2) is 0 Å². The number of rotatable bonds is 5. The zero-order chi connectivity index (χ0) is 14.0. The summed E-state index contributed by atoms with van der Waals surface area (Å²) in [5.41, 5.74) is 6.98. The van der Waals surface area contributed by atoms with Crippen LogP contribution in [-0.4, -0.2) is 5.11 Å². The maximum absolute atomic E-state index is 11.4. The van der Waals surface area contributed by atoms with E-state index in [9.17, 15) is 5.11 Å². The first kappa shape index (κ1) is 13.7. The predicted molar refractivity (Wildman–Crippen MR) is 83.2 cm³/mol. The normalized spacial score (nSPS) is 25.4. The minimum atomic E-state index is -0.706. The fourth-order valence-corrected chi connectivity index (χ4v) is 3.45. The van der Waals surface area contributed by atoms with Crippen LogP contribution in [0.4, 0.5) is 5.69 Å². The Morgan fingerprint density at radius 2 is 2.05 bits per heavy atom. The molecule has 108 valence electrons. The third-order valence-corrected chi connectivity index (χ3v) is 4.96. The molecule has 0 bridgehead atoms. The van der Waals surface area contributed by atoms with Gasteiger partial charge in [0.05, 0.1) is 5.60 Å². The Kier molecular flexibility index (Phi) is 3.84. The number of aliphatic hydroxyl groups is 1. The first-order valence-electron chi connectivity index (χ1n) is 7.92. The molecule has 1 saturated carbocycles. The highest BCUT2D eigenvalue weighted by atomic mass is 16.3. The van der Waals surface area contributed by atoms with Gasteiger partial charge in [-0.05, 0) is 61.6 Å². The maximum atomic E-state index is 11.4. The quantitative estimate of drug-likeness (QED) is 0.628. The molecular weight excluding hydrogens is 246 g/mol. The van der Waals surface area contributed by atoms with Crippen LogP contribution < -0.4 is 5.73 Å². The van der Waals surface area contributed by atoms with E-state index < -0.39 is 5.60 Å². The minimum absolute atomic E-state index is 0.327. The highest BCUT2D eigenvalue weighted by molar-refractivity contribution is 5.43. The van der Waals surface area contributed by atoms with Crippen LogP contribution in [0.25, 0.3) is 0 Å². The lowest BCUT2D eigenvalue weighted by atomic mass is 9.72. The molecule has 0 aromatic heterocycles. The van der Waals surface area contributed by atoms with Crippen molar-refractivity contribution in [3.8, 4) is 0 Å². The molecule has 3 rings (SSSR count). The van der Waals surface area contributed by atoms with Crippen LogP contribution >= 0.6 is 0 Å². The van der Waals surface area contributed by atoms with Crippen molar-refractivity contribution in [2.24, 2.45) is 11.8 Å². The highest BCUT2D eigenvalue weighted by Crippen LogP contribution is 2.44. The number of allylic oxidation sites excluding steroid dienone is 2. The lowest BCUT2D eigenvalue weighted by Crippen LogP contribution is -2.36. The summed E-state index contributed by atoms with van der Waals surface area (Å²) in [5, 5.41) is 11.4. The summed E-state index contributed by atoms with van der Waals surface area (Å²) in [6.45, 7) is 0. The molecule has 2 unspecified atom stereocenters. The maximum Gasteiger partial charge on any atom is 0.0928 e. The topological polar surface area (TPSA) is 46.2 Å². The molecule has 2 aliphatic rings. The molecule has 0 heterocycles. The second kappa shape index (κ2) is 5.61. The third-order valence-electron chi connectivity index (χ3n) is 4.96. The van der Waals surface area contributed by atoms with Gasteiger partial charge in [-0.2, -0.15) is 0 Å². The highest BCUT2D eigenvalue weighted by Gasteiger charge is 2.39. The van der Waals surface area contributed by atoms with Crippen LogP contribution in [0.2, 0.25) is 0 Å². The summed E-state index contributed by atoms with van der Waals surface area (Å²) < 4.78 is 0. The van der Waals surface area contributed by atoms with E-state index in [1.165, 1.54) is 12.8 Å². The van der Waals surface area contributed by atoms with Crippen LogP contribution in [0, 0.1) is 11.8 Å². The Balaban J connectivity index is 1.86. The molecule has 3 N–H and O–H groups in total. The van der Waals surface area contributed by atoms with Gasteiger partial charge in [0, 0.05) is 5.69 Å². The van der Waals surface area contributed by atoms with Crippen molar-refractivity contribution in [2.45, 2.75) is 50.5 Å². The predicted octanol–water partition coefficient (Wildman–Crippen LogP) is 4.00. The Morgan fingerprint density at radius 1 is 1.20 bits per heavy atom. The Morgan fingerprint density at radius 3 is 2.70 bits per heavy atom. The summed E-state index contributed by atoms with van der Waals surface area (Å²) in [6, 6.07) is 7.86. The summed E-state index contributed by atoms with van der Waals surface area (Å²) >= 11 is 0. The number of anilines is 1. The third kappa shape index (κ3) is 2.90. The smallest absolute Gasteiger partial charge is 0.0928 e. The SMILES string of the molecule is Nc1cccc(C(O)(CCC2CC2)C2CC=CCC2)c1. The summed E-state index contributed by atoms with van der Waals surface area (Å²) in [4.78, 5) is 0. The molecule has 2 heteroatoms. The summed E-state index contributed by atoms with van der Waals surface area (Å²) in [6.07, 6.45) is 12.3. The van der Waals surface area contributed by atoms with Gasteiger partial charge in [-0.1, -0.05) is 37.1 Å². The van der Waals surface area contributed by atoms with Crippen LogP contribution in [0.3, 0.4) is 0 Å². The van der Waals surface area contributed by atoms with Gasteiger partial charge in [-0.25, -0.2) is 0 Å². The van der Waals surface area contributed by atoms with E-state index in [1.54, 1.807) is 0 Å². The van der Waals surface area contributed by atoms with Crippen molar-refractivity contribution >= 4 is 5.69 Å². The largest absolute Gasteiger partial charge is 0.399 e. The molecule has 2 atom stereocenters. The van der Waals surface area contributed by atoms with E-state index in [4.69, 9.17) is 5.73 Å². The molecule has 1 fully saturated rings. The van der Waals surface area contributed by atoms with Gasteiger partial charge in [0.2, 0.25) is 0 Å². The first-order chi connectivity index (χ1) is 9.68. The van der Waals surface area contributed by atoms with E-state index >= 15 is 0 Å². The van der Waals surface area contributed by atoms with Gasteiger partial charge in [0.25, 0.3) is 0 Å². The van der Waals surface area contributed by atoms with E-state index in [-0.39, 0.29) is 0 Å². The average molecular weight is 271 g/mol. The van der Waals surface area contributed by atoms with Crippen molar-refractivity contribution in [1.82, 2.24) is 0 Å². The second-order valence-corrected chi connectivity index (χ2v) is 6.51. The molecule has 2 nitrogen and oxygen atoms in total. The lowest BCUT2D eigenvalue weighted by Gasteiger charge is -2.38. The van der Waals surface area contributed by atoms with E-state index in [0.717, 1.165) is 49.3 Å². The number of hydrogen-bond acceptors (Lipinski definition) is 2. The number of nitrogens with two attached hydrogens (primary N) is 1. The number of nitrogen functional groups attached to an aromatic ring is 1. The molecule has 0 amide bonds. The minimum Gasteiger partial charge on any atom is -0.399 e. The monoisotopic (exact) mass is 271 g/mol. The van der Waals surface area contributed by atoms with Crippen molar-refractivity contribution in [3.63, 3.8) is 0 Å². The molecular formula is C18H25NO. The zero-order valence-electron chi connectivity index (χ0n) is 12.1.